The smallest absolute Gasteiger partial charge is 0.340 e. The summed E-state index contributed by atoms with van der Waals surface area (Å²) in [5, 5.41) is 3.36. The maximum atomic E-state index is 11.6. The molecule has 0 spiro atoms. The zero-order valence-corrected chi connectivity index (χ0v) is 9.02. The van der Waals surface area contributed by atoms with Gasteiger partial charge in [0.15, 0.2) is 6.73 Å². The van der Waals surface area contributed by atoms with Gasteiger partial charge in [-0.1, -0.05) is 41.5 Å². The molecule has 0 aromatic heterocycles. The summed E-state index contributed by atoms with van der Waals surface area (Å²) in [6.45, 7) is 3.20. The highest BCUT2D eigenvalue weighted by atomic mass is 35.5. The lowest BCUT2D eigenvalue weighted by molar-refractivity contribution is 0.0515. The minimum absolute atomic E-state index is 0.215. The number of hydrogen-bond acceptors (Lipinski definition) is 3. The number of halogens is 1. The van der Waals surface area contributed by atoms with Crippen LogP contribution in [0.25, 0.3) is 16.5 Å². The normalized spacial score (nSPS) is 9.06. The first-order chi connectivity index (χ1) is 7.70. The third kappa shape index (κ3) is 2.76. The van der Waals surface area contributed by atoms with Crippen molar-refractivity contribution in [3.05, 3.63) is 51.4 Å². The summed E-state index contributed by atoms with van der Waals surface area (Å²) in [6.07, 6.45) is 1.50. The van der Waals surface area contributed by atoms with Gasteiger partial charge < -0.3 is 4.74 Å². The summed E-state index contributed by atoms with van der Waals surface area (Å²) >= 11 is 5.86. The quantitative estimate of drug-likeness (QED) is 0.348. The Morgan fingerprint density at radius 1 is 1.69 bits per heavy atom. The Labute approximate surface area is 96.9 Å². The zero-order valence-electron chi connectivity index (χ0n) is 8.26. The lowest BCUT2D eigenvalue weighted by Crippen LogP contribution is -2.07. The molecule has 0 fully saturated rings. The molecule has 1 rings (SSSR count). The molecule has 0 radical (unpaired) electrons. The number of carbonyl (C=O) groups excluding carboxylic acids is 1. The van der Waals surface area contributed by atoms with Crippen LogP contribution in [-0.2, 0) is 4.74 Å². The van der Waals surface area contributed by atoms with Crippen molar-refractivity contribution in [2.75, 3.05) is 6.73 Å². The maximum Gasteiger partial charge on any atom is 0.340 e. The predicted octanol–water partition coefficient (Wildman–Crippen LogP) is 3.41. The Morgan fingerprint density at radius 2 is 2.44 bits per heavy atom. The van der Waals surface area contributed by atoms with Crippen LogP contribution in [0.15, 0.2) is 29.9 Å². The van der Waals surface area contributed by atoms with Crippen molar-refractivity contribution in [1.29, 1.82) is 0 Å². The summed E-state index contributed by atoms with van der Waals surface area (Å²) in [5.74, 6) is -0.645. The Bertz CT molecular complexity index is 467. The second-order valence-corrected chi connectivity index (χ2v) is 3.11. The van der Waals surface area contributed by atoms with E-state index < -0.39 is 5.97 Å². The molecule has 0 unspecified atom stereocenters. The van der Waals surface area contributed by atoms with Crippen LogP contribution in [0.2, 0.25) is 5.02 Å². The third-order valence-electron chi connectivity index (χ3n) is 1.79. The van der Waals surface area contributed by atoms with E-state index in [9.17, 15) is 4.79 Å². The topological polar surface area (TPSA) is 75.1 Å². The standard InChI is InChI=1S/C10H8ClN3O2/c1-2-7-4-3-5-8(11)9(7)10(15)16-6-13-14-12/h2-5H,1,6H2. The van der Waals surface area contributed by atoms with Gasteiger partial charge in [-0.15, -0.1) is 0 Å². The molecule has 16 heavy (non-hydrogen) atoms. The average molecular weight is 238 g/mol. The molecular weight excluding hydrogens is 230 g/mol. The van der Waals surface area contributed by atoms with E-state index in [1.807, 2.05) is 0 Å². The molecule has 0 amide bonds. The van der Waals surface area contributed by atoms with Crippen LogP contribution in [0.1, 0.15) is 15.9 Å². The van der Waals surface area contributed by atoms with E-state index in [0.717, 1.165) is 0 Å². The van der Waals surface area contributed by atoms with Crippen LogP contribution < -0.4 is 0 Å². The van der Waals surface area contributed by atoms with Crippen LogP contribution in [0, 0.1) is 0 Å². The van der Waals surface area contributed by atoms with Gasteiger partial charge in [-0.05, 0) is 17.2 Å². The SMILES string of the molecule is C=Cc1cccc(Cl)c1C(=O)OCN=[N+]=[N-]. The molecule has 5 nitrogen and oxygen atoms in total. The molecule has 1 aromatic rings. The molecule has 0 saturated carbocycles. The molecule has 0 atom stereocenters. The van der Waals surface area contributed by atoms with Crippen molar-refractivity contribution < 1.29 is 9.53 Å². The molecule has 0 aliphatic carbocycles. The predicted molar refractivity (Wildman–Crippen MR) is 61.0 cm³/mol. The Kier molecular flexibility index (Phi) is 4.39. The van der Waals surface area contributed by atoms with E-state index in [-0.39, 0.29) is 17.3 Å². The fourth-order valence-electron chi connectivity index (χ4n) is 1.11. The zero-order chi connectivity index (χ0) is 12.0. The Balaban J connectivity index is 2.97. The third-order valence-corrected chi connectivity index (χ3v) is 2.10. The summed E-state index contributed by atoms with van der Waals surface area (Å²) in [5.41, 5.74) is 8.81. The number of rotatable bonds is 4. The molecule has 0 N–H and O–H groups in total. The fourth-order valence-corrected chi connectivity index (χ4v) is 1.37. The first-order valence-corrected chi connectivity index (χ1v) is 4.67. The van der Waals surface area contributed by atoms with Crippen molar-refractivity contribution in [3.8, 4) is 0 Å². The maximum absolute atomic E-state index is 11.6. The van der Waals surface area contributed by atoms with Gasteiger partial charge >= 0.3 is 5.97 Å². The summed E-state index contributed by atoms with van der Waals surface area (Å²) in [7, 11) is 0. The largest absolute Gasteiger partial charge is 0.456 e. The van der Waals surface area contributed by atoms with E-state index in [4.69, 9.17) is 21.9 Å². The minimum Gasteiger partial charge on any atom is -0.456 e. The number of carbonyl (C=O) groups is 1. The van der Waals surface area contributed by atoms with Gasteiger partial charge in [-0.3, -0.25) is 0 Å². The van der Waals surface area contributed by atoms with Crippen LogP contribution in [-0.4, -0.2) is 12.7 Å². The van der Waals surface area contributed by atoms with Gasteiger partial charge in [0.05, 0.1) is 10.6 Å². The van der Waals surface area contributed by atoms with Gasteiger partial charge in [0.25, 0.3) is 0 Å². The first kappa shape index (κ1) is 12.1. The number of benzene rings is 1. The Morgan fingerprint density at radius 3 is 3.06 bits per heavy atom. The summed E-state index contributed by atoms with van der Waals surface area (Å²) in [6, 6.07) is 4.95. The molecule has 0 bridgehead atoms. The highest BCUT2D eigenvalue weighted by Crippen LogP contribution is 2.21. The van der Waals surface area contributed by atoms with Crippen molar-refractivity contribution in [1.82, 2.24) is 0 Å². The van der Waals surface area contributed by atoms with Gasteiger partial charge in [-0.25, -0.2) is 4.79 Å². The summed E-state index contributed by atoms with van der Waals surface area (Å²) < 4.78 is 4.70. The van der Waals surface area contributed by atoms with Gasteiger partial charge in [0, 0.05) is 4.91 Å². The number of hydrogen-bond donors (Lipinski definition) is 0. The van der Waals surface area contributed by atoms with Gasteiger partial charge in [0.1, 0.15) is 0 Å². The van der Waals surface area contributed by atoms with Gasteiger partial charge in [0.2, 0.25) is 0 Å². The van der Waals surface area contributed by atoms with Gasteiger partial charge in [-0.2, -0.15) is 0 Å². The van der Waals surface area contributed by atoms with Crippen LogP contribution in [0.4, 0.5) is 0 Å². The number of azide groups is 1. The van der Waals surface area contributed by atoms with E-state index in [0.29, 0.717) is 5.56 Å². The van der Waals surface area contributed by atoms with Crippen molar-refractivity contribution in [2.45, 2.75) is 0 Å². The number of ether oxygens (including phenoxy) is 1. The second kappa shape index (κ2) is 5.80. The molecule has 82 valence electrons. The van der Waals surface area contributed by atoms with E-state index in [2.05, 4.69) is 16.6 Å². The molecular formula is C10H8ClN3O2. The Hall–Kier alpha value is -1.97. The average Bonchev–Trinajstić information content (AvgIpc) is 2.28. The lowest BCUT2D eigenvalue weighted by atomic mass is 10.1. The lowest BCUT2D eigenvalue weighted by Gasteiger charge is -2.06. The van der Waals surface area contributed by atoms with Crippen LogP contribution >= 0.6 is 11.6 Å². The highest BCUT2D eigenvalue weighted by molar-refractivity contribution is 6.34. The monoisotopic (exact) mass is 237 g/mol. The van der Waals surface area contributed by atoms with E-state index in [1.54, 1.807) is 18.2 Å². The van der Waals surface area contributed by atoms with Crippen molar-refractivity contribution >= 4 is 23.6 Å². The number of esters is 1. The van der Waals surface area contributed by atoms with Crippen molar-refractivity contribution in [3.63, 3.8) is 0 Å². The van der Waals surface area contributed by atoms with E-state index >= 15 is 0 Å². The molecule has 0 heterocycles. The molecule has 6 heteroatoms. The second-order valence-electron chi connectivity index (χ2n) is 2.70. The number of nitrogens with zero attached hydrogens (tertiary/aromatic N) is 3. The van der Waals surface area contributed by atoms with Crippen molar-refractivity contribution in [2.24, 2.45) is 5.11 Å². The minimum atomic E-state index is -0.645. The molecule has 0 saturated heterocycles. The van der Waals surface area contributed by atoms with Crippen LogP contribution in [0.3, 0.4) is 0 Å². The van der Waals surface area contributed by atoms with Crippen LogP contribution in [0.5, 0.6) is 0 Å². The molecule has 0 aliphatic rings. The highest BCUT2D eigenvalue weighted by Gasteiger charge is 2.14. The molecule has 1 aromatic carbocycles. The molecule has 0 aliphatic heterocycles. The van der Waals surface area contributed by atoms with E-state index in [1.165, 1.54) is 6.08 Å². The first-order valence-electron chi connectivity index (χ1n) is 4.29. The fraction of sp³-hybridized carbons (Fsp3) is 0.100. The summed E-state index contributed by atoms with van der Waals surface area (Å²) in [4.78, 5) is 14.0.